The Hall–Kier alpha value is -1.44. The fourth-order valence-corrected chi connectivity index (χ4v) is 1.59. The molecule has 1 aromatic carbocycles. The molecule has 88 valence electrons. The summed E-state index contributed by atoms with van der Waals surface area (Å²) in [5.74, 6) is -0.0757. The van der Waals surface area contributed by atoms with Crippen LogP contribution in [0.4, 0.5) is 0 Å². The zero-order valence-electron chi connectivity index (χ0n) is 8.11. The van der Waals surface area contributed by atoms with Crippen molar-refractivity contribution in [3.63, 3.8) is 0 Å². The molecule has 1 atom stereocenters. The minimum atomic E-state index is -4.68. The molecule has 0 aliphatic carbocycles. The van der Waals surface area contributed by atoms with Crippen molar-refractivity contribution < 1.29 is 27.1 Å². The second kappa shape index (κ2) is 5.06. The average Bonchev–Trinajstić information content (AvgIpc) is 2.18. The van der Waals surface area contributed by atoms with Gasteiger partial charge < -0.3 is 9.90 Å². The lowest BCUT2D eigenvalue weighted by Gasteiger charge is -2.09. The van der Waals surface area contributed by atoms with Crippen molar-refractivity contribution in [2.24, 2.45) is 0 Å². The van der Waals surface area contributed by atoms with E-state index in [0.717, 1.165) is 0 Å². The lowest BCUT2D eigenvalue weighted by atomic mass is 10.1. The predicted octanol–water partition coefficient (Wildman–Crippen LogP) is 0.322. The van der Waals surface area contributed by atoms with E-state index in [1.165, 1.54) is 12.1 Å². The molecule has 0 aliphatic heterocycles. The molecule has 1 unspecified atom stereocenters. The van der Waals surface area contributed by atoms with Crippen LogP contribution < -0.4 is 0 Å². The number of aromatic hydroxyl groups is 1. The van der Waals surface area contributed by atoms with Crippen LogP contribution in [0.1, 0.15) is 5.56 Å². The number of hydrogen-bond acceptors (Lipinski definition) is 5. The van der Waals surface area contributed by atoms with E-state index in [-0.39, 0.29) is 18.5 Å². The van der Waals surface area contributed by atoms with Crippen LogP contribution >= 0.6 is 0 Å². The van der Waals surface area contributed by atoms with E-state index in [9.17, 15) is 18.3 Å². The third kappa shape index (κ3) is 3.97. The molecule has 7 heteroatoms. The van der Waals surface area contributed by atoms with Gasteiger partial charge in [0.1, 0.15) is 11.9 Å². The van der Waals surface area contributed by atoms with Gasteiger partial charge in [-0.1, -0.05) is 18.2 Å². The highest BCUT2D eigenvalue weighted by Crippen LogP contribution is 2.18. The average molecular weight is 246 g/mol. The first kappa shape index (κ1) is 12.6. The number of carbonyl (C=O) groups excluding carboxylic acids is 1. The lowest BCUT2D eigenvalue weighted by Crippen LogP contribution is -2.21. The molecule has 2 N–H and O–H groups in total. The Labute approximate surface area is 92.4 Å². The van der Waals surface area contributed by atoms with E-state index < -0.39 is 16.5 Å². The molecule has 1 rings (SSSR count). The Morgan fingerprint density at radius 2 is 2.00 bits per heavy atom. The van der Waals surface area contributed by atoms with Gasteiger partial charge in [0.2, 0.25) is 0 Å². The van der Waals surface area contributed by atoms with Gasteiger partial charge in [-0.3, -0.25) is 4.55 Å². The summed E-state index contributed by atoms with van der Waals surface area (Å²) in [7, 11) is -4.68. The zero-order valence-corrected chi connectivity index (χ0v) is 8.92. The molecule has 0 amide bonds. The third-order valence-electron chi connectivity index (χ3n) is 1.81. The molecule has 0 radical (unpaired) electrons. The molecule has 16 heavy (non-hydrogen) atoms. The maximum absolute atomic E-state index is 10.5. The molecule has 0 aromatic heterocycles. The highest BCUT2D eigenvalue weighted by molar-refractivity contribution is 7.80. The molecule has 0 heterocycles. The van der Waals surface area contributed by atoms with Crippen LogP contribution in [0.5, 0.6) is 5.75 Å². The van der Waals surface area contributed by atoms with Crippen molar-refractivity contribution in [1.82, 2.24) is 0 Å². The minimum Gasteiger partial charge on any atom is -0.508 e. The molecule has 0 saturated heterocycles. The number of phenols is 1. The normalized spacial score (nSPS) is 13.3. The van der Waals surface area contributed by atoms with E-state index in [0.29, 0.717) is 5.56 Å². The van der Waals surface area contributed by atoms with Crippen LogP contribution in [0.3, 0.4) is 0 Å². The van der Waals surface area contributed by atoms with Gasteiger partial charge in [0, 0.05) is 6.42 Å². The SMILES string of the molecule is O=CC(Cc1ccccc1O)OS(=O)(=O)O. The zero-order chi connectivity index (χ0) is 12.2. The Morgan fingerprint density at radius 1 is 1.38 bits per heavy atom. The first-order valence-corrected chi connectivity index (χ1v) is 5.67. The van der Waals surface area contributed by atoms with Crippen molar-refractivity contribution in [1.29, 1.82) is 0 Å². The number of aldehydes is 1. The highest BCUT2D eigenvalue weighted by Gasteiger charge is 2.18. The molecule has 1 aromatic rings. The Kier molecular flexibility index (Phi) is 3.99. The molecule has 0 bridgehead atoms. The molecule has 0 aliphatic rings. The largest absolute Gasteiger partial charge is 0.508 e. The van der Waals surface area contributed by atoms with Gasteiger partial charge in [0.25, 0.3) is 0 Å². The Morgan fingerprint density at radius 3 is 2.50 bits per heavy atom. The maximum atomic E-state index is 10.5. The second-order valence-corrected chi connectivity index (χ2v) is 4.08. The quantitative estimate of drug-likeness (QED) is 0.573. The summed E-state index contributed by atoms with van der Waals surface area (Å²) in [4.78, 5) is 10.5. The summed E-state index contributed by atoms with van der Waals surface area (Å²) in [6.07, 6.45) is -1.26. The summed E-state index contributed by atoms with van der Waals surface area (Å²) in [5.41, 5.74) is 0.350. The summed E-state index contributed by atoms with van der Waals surface area (Å²) >= 11 is 0. The van der Waals surface area contributed by atoms with E-state index in [1.807, 2.05) is 0 Å². The van der Waals surface area contributed by atoms with Crippen molar-refractivity contribution in [3.05, 3.63) is 29.8 Å². The van der Waals surface area contributed by atoms with E-state index in [1.54, 1.807) is 12.1 Å². The van der Waals surface area contributed by atoms with Gasteiger partial charge in [-0.05, 0) is 11.6 Å². The van der Waals surface area contributed by atoms with Crippen LogP contribution in [-0.4, -0.2) is 30.5 Å². The fraction of sp³-hybridized carbons (Fsp3) is 0.222. The van der Waals surface area contributed by atoms with Crippen LogP contribution in [0, 0.1) is 0 Å². The first-order valence-electron chi connectivity index (χ1n) is 4.30. The molecular formula is C9H10O6S. The molecule has 0 saturated carbocycles. The standard InChI is InChI=1S/C9H10O6S/c10-6-8(15-16(12,13)14)5-7-3-1-2-4-9(7)11/h1-4,6,8,11H,5H2,(H,12,13,14). The predicted molar refractivity (Wildman–Crippen MR) is 54.3 cm³/mol. The lowest BCUT2D eigenvalue weighted by molar-refractivity contribution is -0.113. The maximum Gasteiger partial charge on any atom is 0.398 e. The van der Waals surface area contributed by atoms with Gasteiger partial charge in [0.15, 0.2) is 6.29 Å². The topological polar surface area (TPSA) is 101 Å². The number of carbonyl (C=O) groups is 1. The van der Waals surface area contributed by atoms with Crippen LogP contribution in [0.15, 0.2) is 24.3 Å². The van der Waals surface area contributed by atoms with Crippen molar-refractivity contribution >= 4 is 16.7 Å². The van der Waals surface area contributed by atoms with Gasteiger partial charge in [-0.15, -0.1) is 0 Å². The van der Waals surface area contributed by atoms with Gasteiger partial charge in [0.05, 0.1) is 0 Å². The molecule has 0 spiro atoms. The first-order chi connectivity index (χ1) is 7.42. The number of phenolic OH excluding ortho intramolecular Hbond substituents is 1. The Bertz CT molecular complexity index is 467. The second-order valence-electron chi connectivity index (χ2n) is 3.03. The number of rotatable bonds is 5. The Balaban J connectivity index is 2.79. The van der Waals surface area contributed by atoms with E-state index in [2.05, 4.69) is 4.18 Å². The third-order valence-corrected chi connectivity index (χ3v) is 2.30. The summed E-state index contributed by atoms with van der Waals surface area (Å²) in [6, 6.07) is 6.10. The van der Waals surface area contributed by atoms with Crippen molar-refractivity contribution in [3.8, 4) is 5.75 Å². The van der Waals surface area contributed by atoms with Crippen LogP contribution in [0.25, 0.3) is 0 Å². The van der Waals surface area contributed by atoms with Gasteiger partial charge >= 0.3 is 10.4 Å². The molecule has 0 fully saturated rings. The highest BCUT2D eigenvalue weighted by atomic mass is 32.3. The summed E-state index contributed by atoms with van der Waals surface area (Å²) < 4.78 is 33.3. The van der Waals surface area contributed by atoms with E-state index >= 15 is 0 Å². The van der Waals surface area contributed by atoms with Gasteiger partial charge in [-0.2, -0.15) is 8.42 Å². The number of para-hydroxylation sites is 1. The van der Waals surface area contributed by atoms with E-state index in [4.69, 9.17) is 4.55 Å². The smallest absolute Gasteiger partial charge is 0.398 e. The van der Waals surface area contributed by atoms with Crippen molar-refractivity contribution in [2.75, 3.05) is 0 Å². The van der Waals surface area contributed by atoms with Crippen LogP contribution in [0.2, 0.25) is 0 Å². The monoisotopic (exact) mass is 246 g/mol. The minimum absolute atomic E-state index is 0.0757. The summed E-state index contributed by atoms with van der Waals surface area (Å²) in [5, 5.41) is 9.37. The number of benzene rings is 1. The van der Waals surface area contributed by atoms with Gasteiger partial charge in [-0.25, -0.2) is 4.18 Å². The fourth-order valence-electron chi connectivity index (χ4n) is 1.16. The summed E-state index contributed by atoms with van der Waals surface area (Å²) in [6.45, 7) is 0. The molecular weight excluding hydrogens is 236 g/mol. The molecule has 6 nitrogen and oxygen atoms in total. The van der Waals surface area contributed by atoms with Crippen LogP contribution in [-0.2, 0) is 25.8 Å². The van der Waals surface area contributed by atoms with Crippen molar-refractivity contribution in [2.45, 2.75) is 12.5 Å². The number of hydrogen-bond donors (Lipinski definition) is 2.